The normalized spacial score (nSPS) is 12.3. The van der Waals surface area contributed by atoms with Crippen molar-refractivity contribution in [1.82, 2.24) is 15.3 Å². The molecule has 0 bridgehead atoms. The number of amides is 1. The van der Waals surface area contributed by atoms with E-state index in [1.54, 1.807) is 0 Å². The molecule has 4 nitrogen and oxygen atoms in total. The van der Waals surface area contributed by atoms with Gasteiger partial charge in [-0.05, 0) is 40.2 Å². The van der Waals surface area contributed by atoms with Crippen LogP contribution >= 0.6 is 11.8 Å². The average Bonchev–Trinajstić information content (AvgIpc) is 2.26. The molecule has 0 unspecified atom stereocenters. The quantitative estimate of drug-likeness (QED) is 0.659. The zero-order valence-electron chi connectivity index (χ0n) is 11.0. The van der Waals surface area contributed by atoms with Crippen LogP contribution in [0.25, 0.3) is 0 Å². The summed E-state index contributed by atoms with van der Waals surface area (Å²) in [7, 11) is 0. The Hall–Kier alpha value is -1.10. The van der Waals surface area contributed by atoms with Crippen LogP contribution < -0.4 is 5.32 Å². The van der Waals surface area contributed by atoms with Gasteiger partial charge in [-0.1, -0.05) is 11.8 Å². The van der Waals surface area contributed by atoms with E-state index in [9.17, 15) is 4.79 Å². The highest BCUT2D eigenvalue weighted by molar-refractivity contribution is 8.00. The fourth-order valence-electron chi connectivity index (χ4n) is 1.32. The summed E-state index contributed by atoms with van der Waals surface area (Å²) in [6.07, 6.45) is 0. The summed E-state index contributed by atoms with van der Waals surface area (Å²) in [6.45, 7) is 10.4. The first-order chi connectivity index (χ1) is 7.95. The largest absolute Gasteiger partial charge is 0.355 e. The highest BCUT2D eigenvalue weighted by Crippen LogP contribution is 2.21. The van der Waals surface area contributed by atoms with E-state index in [1.807, 2.05) is 34.6 Å². The Morgan fingerprint density at radius 3 is 2.29 bits per heavy atom. The highest BCUT2D eigenvalue weighted by atomic mass is 32.2. The summed E-state index contributed by atoms with van der Waals surface area (Å²) in [5.41, 5.74) is 3.06. The predicted molar refractivity (Wildman–Crippen MR) is 70.2 cm³/mol. The maximum absolute atomic E-state index is 11.6. The molecule has 5 heteroatoms. The van der Waals surface area contributed by atoms with E-state index in [-0.39, 0.29) is 11.2 Å². The Morgan fingerprint density at radius 2 is 1.82 bits per heavy atom. The monoisotopic (exact) mass is 253 g/mol. The van der Waals surface area contributed by atoms with Gasteiger partial charge in [-0.25, -0.2) is 9.97 Å². The Kier molecular flexibility index (Phi) is 4.93. The molecule has 0 saturated heterocycles. The van der Waals surface area contributed by atoms with E-state index in [1.165, 1.54) is 11.8 Å². The Balaban J connectivity index is 2.78. The van der Waals surface area contributed by atoms with Gasteiger partial charge >= 0.3 is 0 Å². The molecule has 0 aliphatic carbocycles. The minimum absolute atomic E-state index is 0.0250. The summed E-state index contributed by atoms with van der Waals surface area (Å²) in [4.78, 5) is 20.4. The number of carbonyl (C=O) groups is 1. The molecule has 1 aromatic rings. The van der Waals surface area contributed by atoms with Crippen molar-refractivity contribution in [2.24, 2.45) is 0 Å². The van der Waals surface area contributed by atoms with Crippen LogP contribution in [0.2, 0.25) is 0 Å². The number of hydrogen-bond donors (Lipinski definition) is 1. The number of rotatable bonds is 4. The molecule has 1 heterocycles. The van der Waals surface area contributed by atoms with Crippen LogP contribution in [0.4, 0.5) is 0 Å². The van der Waals surface area contributed by atoms with Crippen molar-refractivity contribution in [2.75, 3.05) is 6.54 Å². The summed E-state index contributed by atoms with van der Waals surface area (Å²) < 4.78 is 0. The molecule has 0 radical (unpaired) electrons. The minimum Gasteiger partial charge on any atom is -0.355 e. The first-order valence-corrected chi connectivity index (χ1v) is 6.59. The fourth-order valence-corrected chi connectivity index (χ4v) is 2.21. The van der Waals surface area contributed by atoms with Crippen molar-refractivity contribution >= 4 is 17.7 Å². The van der Waals surface area contributed by atoms with E-state index >= 15 is 0 Å². The van der Waals surface area contributed by atoms with Crippen LogP contribution in [0.5, 0.6) is 0 Å². The van der Waals surface area contributed by atoms with Crippen molar-refractivity contribution < 1.29 is 4.79 Å². The molecular formula is C12H19N3OS. The van der Waals surface area contributed by atoms with Gasteiger partial charge in [-0.3, -0.25) is 4.79 Å². The molecule has 0 spiro atoms. The van der Waals surface area contributed by atoms with Crippen molar-refractivity contribution in [2.45, 2.75) is 45.0 Å². The third-order valence-electron chi connectivity index (χ3n) is 2.61. The lowest BCUT2D eigenvalue weighted by Crippen LogP contribution is -2.30. The highest BCUT2D eigenvalue weighted by Gasteiger charge is 2.15. The fraction of sp³-hybridized carbons (Fsp3) is 0.583. The van der Waals surface area contributed by atoms with Gasteiger partial charge in [-0.2, -0.15) is 0 Å². The van der Waals surface area contributed by atoms with Gasteiger partial charge < -0.3 is 5.32 Å². The van der Waals surface area contributed by atoms with Gasteiger partial charge in [0, 0.05) is 17.9 Å². The lowest BCUT2D eigenvalue weighted by molar-refractivity contribution is -0.120. The Morgan fingerprint density at radius 1 is 1.29 bits per heavy atom. The molecule has 0 fully saturated rings. The van der Waals surface area contributed by atoms with Gasteiger partial charge in [0.25, 0.3) is 0 Å². The molecular weight excluding hydrogens is 234 g/mol. The summed E-state index contributed by atoms with van der Waals surface area (Å²) >= 11 is 1.39. The first kappa shape index (κ1) is 14.0. The molecule has 0 aliphatic heterocycles. The zero-order valence-corrected chi connectivity index (χ0v) is 11.8. The second-order valence-electron chi connectivity index (χ2n) is 3.96. The Bertz CT molecular complexity index is 397. The molecule has 1 atom stereocenters. The van der Waals surface area contributed by atoms with Gasteiger partial charge in [0.15, 0.2) is 5.16 Å². The third kappa shape index (κ3) is 3.70. The van der Waals surface area contributed by atoms with E-state index < -0.39 is 0 Å². The van der Waals surface area contributed by atoms with Crippen LogP contribution in [0.1, 0.15) is 30.8 Å². The van der Waals surface area contributed by atoms with Gasteiger partial charge in [0.2, 0.25) is 5.91 Å². The maximum Gasteiger partial charge on any atom is 0.233 e. The molecule has 17 heavy (non-hydrogen) atoms. The van der Waals surface area contributed by atoms with E-state index in [0.717, 1.165) is 17.0 Å². The second-order valence-corrected chi connectivity index (χ2v) is 5.26. The lowest BCUT2D eigenvalue weighted by Gasteiger charge is -2.11. The molecule has 1 N–H and O–H groups in total. The van der Waals surface area contributed by atoms with Gasteiger partial charge in [-0.15, -0.1) is 0 Å². The van der Waals surface area contributed by atoms with Crippen molar-refractivity contribution in [1.29, 1.82) is 0 Å². The van der Waals surface area contributed by atoms with E-state index in [2.05, 4.69) is 15.3 Å². The van der Waals surface area contributed by atoms with Crippen LogP contribution in [0, 0.1) is 20.8 Å². The van der Waals surface area contributed by atoms with Gasteiger partial charge in [0.05, 0.1) is 5.25 Å². The number of hydrogen-bond acceptors (Lipinski definition) is 4. The summed E-state index contributed by atoms with van der Waals surface area (Å²) in [6, 6.07) is 0. The summed E-state index contributed by atoms with van der Waals surface area (Å²) in [5.74, 6) is 0.0250. The maximum atomic E-state index is 11.6. The molecule has 0 aromatic carbocycles. The number of carbonyl (C=O) groups excluding carboxylic acids is 1. The third-order valence-corrected chi connectivity index (χ3v) is 3.58. The van der Waals surface area contributed by atoms with Crippen molar-refractivity contribution in [3.05, 3.63) is 17.0 Å². The molecule has 1 rings (SSSR count). The van der Waals surface area contributed by atoms with E-state index in [4.69, 9.17) is 0 Å². The van der Waals surface area contributed by atoms with Crippen LogP contribution in [0.15, 0.2) is 5.16 Å². The lowest BCUT2D eigenvalue weighted by atomic mass is 10.2. The number of aromatic nitrogens is 2. The summed E-state index contributed by atoms with van der Waals surface area (Å²) in [5, 5.41) is 3.29. The second kappa shape index (κ2) is 6.00. The molecule has 1 amide bonds. The smallest absolute Gasteiger partial charge is 0.233 e. The SMILES string of the molecule is CCNC(=O)[C@@H](C)Sc1nc(C)c(C)c(C)n1. The van der Waals surface area contributed by atoms with Crippen molar-refractivity contribution in [3.63, 3.8) is 0 Å². The van der Waals surface area contributed by atoms with Gasteiger partial charge in [0.1, 0.15) is 0 Å². The average molecular weight is 253 g/mol. The number of nitrogens with zero attached hydrogens (tertiary/aromatic N) is 2. The van der Waals surface area contributed by atoms with Crippen LogP contribution in [0.3, 0.4) is 0 Å². The number of nitrogens with one attached hydrogen (secondary N) is 1. The zero-order chi connectivity index (χ0) is 13.0. The Labute approximate surface area is 107 Å². The predicted octanol–water partition coefficient (Wildman–Crippen LogP) is 2.02. The van der Waals surface area contributed by atoms with Crippen LogP contribution in [-0.2, 0) is 4.79 Å². The molecule has 94 valence electrons. The van der Waals surface area contributed by atoms with E-state index in [0.29, 0.717) is 11.7 Å². The minimum atomic E-state index is -0.170. The number of aryl methyl sites for hydroxylation is 2. The van der Waals surface area contributed by atoms with Crippen LogP contribution in [-0.4, -0.2) is 27.7 Å². The molecule has 0 aliphatic rings. The topological polar surface area (TPSA) is 54.9 Å². The van der Waals surface area contributed by atoms with Crippen molar-refractivity contribution in [3.8, 4) is 0 Å². The molecule has 0 saturated carbocycles. The standard InChI is InChI=1S/C12H19N3OS/c1-6-13-11(16)10(5)17-12-14-8(3)7(2)9(4)15-12/h10H,6H2,1-5H3,(H,13,16)/t10-/m1/s1. The number of thioether (sulfide) groups is 1. The molecule has 1 aromatic heterocycles. The first-order valence-electron chi connectivity index (χ1n) is 5.72.